The summed E-state index contributed by atoms with van der Waals surface area (Å²) in [6.45, 7) is 0. The second kappa shape index (κ2) is 5.88. The quantitative estimate of drug-likeness (QED) is 0.846. The Morgan fingerprint density at radius 2 is 2.05 bits per heavy atom. The predicted molar refractivity (Wildman–Crippen MR) is 53.8 cm³/mol. The molecule has 0 unspecified atom stereocenters. The molecular weight excluding hydrogens is 293 g/mol. The fourth-order valence-corrected chi connectivity index (χ4v) is 1.37. The number of alkyl halides is 5. The van der Waals surface area contributed by atoms with E-state index < -0.39 is 48.1 Å². The molecule has 1 aromatic rings. The third-order valence-corrected chi connectivity index (χ3v) is 2.01. The van der Waals surface area contributed by atoms with E-state index in [9.17, 15) is 26.7 Å². The van der Waals surface area contributed by atoms with E-state index in [2.05, 4.69) is 14.5 Å². The van der Waals surface area contributed by atoms with Crippen LogP contribution in [0.1, 0.15) is 17.7 Å². The lowest BCUT2D eigenvalue weighted by Gasteiger charge is -2.15. The maximum Gasteiger partial charge on any atom is 0.574 e. The molecule has 0 bridgehead atoms. The Hall–Kier alpha value is -2.13. The van der Waals surface area contributed by atoms with Gasteiger partial charge in [-0.3, -0.25) is 4.79 Å². The first kappa shape index (κ1) is 15.9. The van der Waals surface area contributed by atoms with Crippen molar-refractivity contribution in [2.75, 3.05) is 7.11 Å². The molecule has 0 aliphatic carbocycles. The molecule has 0 saturated heterocycles. The molecule has 0 aromatic carbocycles. The second-order valence-corrected chi connectivity index (χ2v) is 3.46. The average molecular weight is 301 g/mol. The maximum atomic E-state index is 12.8. The van der Waals surface area contributed by atoms with Crippen LogP contribution >= 0.6 is 0 Å². The van der Waals surface area contributed by atoms with E-state index in [1.54, 1.807) is 0 Å². The number of hydrogen-bond donors (Lipinski definition) is 1. The minimum Gasteiger partial charge on any atom is -0.491 e. The zero-order chi connectivity index (χ0) is 15.5. The largest absolute Gasteiger partial charge is 0.574 e. The van der Waals surface area contributed by atoms with E-state index in [0.717, 1.165) is 7.11 Å². The number of carboxylic acid groups (broad SMARTS) is 1. The number of carbonyl (C=O) groups is 1. The molecule has 112 valence electrons. The summed E-state index contributed by atoms with van der Waals surface area (Å²) in [5, 5.41) is 8.52. The second-order valence-electron chi connectivity index (χ2n) is 3.46. The number of methoxy groups -OCH3 is 1. The molecule has 0 fully saturated rings. The zero-order valence-electron chi connectivity index (χ0n) is 9.87. The molecule has 1 heterocycles. The molecule has 0 amide bonds. The Morgan fingerprint density at radius 1 is 1.45 bits per heavy atom. The monoisotopic (exact) mass is 301 g/mol. The van der Waals surface area contributed by atoms with E-state index in [1.807, 2.05) is 0 Å². The first-order valence-corrected chi connectivity index (χ1v) is 4.97. The molecule has 20 heavy (non-hydrogen) atoms. The normalized spacial score (nSPS) is 11.6. The fraction of sp³-hybridized carbons (Fsp3) is 0.400. The van der Waals surface area contributed by atoms with Crippen molar-refractivity contribution < 1.29 is 41.3 Å². The number of aliphatic carboxylic acids is 1. The summed E-state index contributed by atoms with van der Waals surface area (Å²) in [7, 11) is 0.864. The lowest BCUT2D eigenvalue weighted by Crippen LogP contribution is -2.19. The molecule has 10 heteroatoms. The number of aromatic nitrogens is 1. The van der Waals surface area contributed by atoms with Crippen LogP contribution in [0.25, 0.3) is 0 Å². The molecule has 0 atom stereocenters. The Kier molecular flexibility index (Phi) is 4.69. The molecule has 5 nitrogen and oxygen atoms in total. The van der Waals surface area contributed by atoms with Gasteiger partial charge in [-0.05, 0) is 6.07 Å². The summed E-state index contributed by atoms with van der Waals surface area (Å²) in [5.41, 5.74) is -1.44. The van der Waals surface area contributed by atoms with Crippen molar-refractivity contribution in [3.63, 3.8) is 0 Å². The van der Waals surface area contributed by atoms with Crippen LogP contribution in [-0.4, -0.2) is 29.5 Å². The van der Waals surface area contributed by atoms with Gasteiger partial charge in [-0.2, -0.15) is 0 Å². The van der Waals surface area contributed by atoms with Gasteiger partial charge in [0.05, 0.1) is 24.8 Å². The highest BCUT2D eigenvalue weighted by Gasteiger charge is 2.35. The molecule has 0 spiro atoms. The SMILES string of the molecule is COc1c(C(F)F)cc(CC(=O)O)nc1OC(F)(F)F. The number of nitrogens with zero attached hydrogens (tertiary/aromatic N) is 1. The van der Waals surface area contributed by atoms with Crippen LogP contribution < -0.4 is 9.47 Å². The van der Waals surface area contributed by atoms with E-state index in [4.69, 9.17) is 5.11 Å². The van der Waals surface area contributed by atoms with Gasteiger partial charge in [0.1, 0.15) is 0 Å². The average Bonchev–Trinajstić information content (AvgIpc) is 2.25. The standard InChI is InChI=1S/C10H8F5NO4/c1-19-7-5(8(11)12)2-4(3-6(17)18)16-9(7)20-10(13,14)15/h2,8H,3H2,1H3,(H,17,18). The number of rotatable bonds is 5. The lowest BCUT2D eigenvalue weighted by atomic mass is 10.1. The van der Waals surface area contributed by atoms with Crippen molar-refractivity contribution in [3.8, 4) is 11.6 Å². The lowest BCUT2D eigenvalue weighted by molar-refractivity contribution is -0.276. The van der Waals surface area contributed by atoms with E-state index in [1.165, 1.54) is 0 Å². The van der Waals surface area contributed by atoms with Crippen molar-refractivity contribution in [2.24, 2.45) is 0 Å². The van der Waals surface area contributed by atoms with E-state index >= 15 is 0 Å². The minimum atomic E-state index is -5.18. The molecule has 0 saturated carbocycles. The van der Waals surface area contributed by atoms with Crippen LogP contribution in [0, 0.1) is 0 Å². The molecule has 0 aliphatic heterocycles. The van der Waals surface area contributed by atoms with Gasteiger partial charge in [-0.1, -0.05) is 0 Å². The number of ether oxygens (including phenoxy) is 2. The van der Waals surface area contributed by atoms with Gasteiger partial charge in [0.25, 0.3) is 12.3 Å². The summed E-state index contributed by atoms with van der Waals surface area (Å²) in [6, 6.07) is 0.654. The van der Waals surface area contributed by atoms with Crippen LogP contribution in [0.4, 0.5) is 22.0 Å². The molecular formula is C10H8F5NO4. The highest BCUT2D eigenvalue weighted by atomic mass is 19.4. The van der Waals surface area contributed by atoms with Gasteiger partial charge >= 0.3 is 12.3 Å². The Bertz CT molecular complexity index is 503. The summed E-state index contributed by atoms with van der Waals surface area (Å²) in [6.07, 6.45) is -9.20. The number of pyridine rings is 1. The van der Waals surface area contributed by atoms with Crippen molar-refractivity contribution in [2.45, 2.75) is 19.2 Å². The molecule has 0 aliphatic rings. The highest BCUT2D eigenvalue weighted by molar-refractivity contribution is 5.70. The number of halogens is 5. The molecule has 1 aromatic heterocycles. The Balaban J connectivity index is 3.36. The Labute approximate surface area is 108 Å². The summed E-state index contributed by atoms with van der Waals surface area (Å²) >= 11 is 0. The molecule has 1 rings (SSSR count). The van der Waals surface area contributed by atoms with Crippen molar-refractivity contribution >= 4 is 5.97 Å². The third-order valence-electron chi connectivity index (χ3n) is 2.01. The van der Waals surface area contributed by atoms with Gasteiger partial charge in [0.15, 0.2) is 5.75 Å². The smallest absolute Gasteiger partial charge is 0.491 e. The van der Waals surface area contributed by atoms with Crippen LogP contribution in [0.3, 0.4) is 0 Å². The summed E-state index contributed by atoms with van der Waals surface area (Å²) < 4.78 is 69.9. The van der Waals surface area contributed by atoms with Crippen LogP contribution in [-0.2, 0) is 11.2 Å². The highest BCUT2D eigenvalue weighted by Crippen LogP contribution is 2.38. The van der Waals surface area contributed by atoms with Crippen molar-refractivity contribution in [1.29, 1.82) is 0 Å². The number of hydrogen-bond acceptors (Lipinski definition) is 4. The third kappa shape index (κ3) is 4.21. The molecule has 0 radical (unpaired) electrons. The van der Waals surface area contributed by atoms with Gasteiger partial charge in [0.2, 0.25) is 0 Å². The minimum absolute atomic E-state index is 0.507. The predicted octanol–water partition coefficient (Wildman–Crippen LogP) is 2.55. The summed E-state index contributed by atoms with van der Waals surface area (Å²) in [5.74, 6) is -3.60. The topological polar surface area (TPSA) is 68.7 Å². The fourth-order valence-electron chi connectivity index (χ4n) is 1.37. The maximum absolute atomic E-state index is 12.8. The first-order valence-electron chi connectivity index (χ1n) is 4.97. The van der Waals surface area contributed by atoms with Gasteiger partial charge in [0, 0.05) is 0 Å². The summed E-state index contributed by atoms with van der Waals surface area (Å²) in [4.78, 5) is 13.7. The van der Waals surface area contributed by atoms with Crippen LogP contribution in [0.15, 0.2) is 6.07 Å². The first-order chi connectivity index (χ1) is 9.14. The van der Waals surface area contributed by atoms with E-state index in [0.29, 0.717) is 6.07 Å². The van der Waals surface area contributed by atoms with Crippen LogP contribution in [0.2, 0.25) is 0 Å². The van der Waals surface area contributed by atoms with E-state index in [-0.39, 0.29) is 0 Å². The van der Waals surface area contributed by atoms with Crippen molar-refractivity contribution in [3.05, 3.63) is 17.3 Å². The number of carboxylic acids is 1. The Morgan fingerprint density at radius 3 is 2.45 bits per heavy atom. The van der Waals surface area contributed by atoms with Gasteiger partial charge < -0.3 is 14.6 Å². The van der Waals surface area contributed by atoms with Crippen LogP contribution in [0.5, 0.6) is 11.6 Å². The zero-order valence-corrected chi connectivity index (χ0v) is 9.87. The van der Waals surface area contributed by atoms with Gasteiger partial charge in [-0.15, -0.1) is 13.2 Å². The molecule has 1 N–H and O–H groups in total. The van der Waals surface area contributed by atoms with Crippen molar-refractivity contribution in [1.82, 2.24) is 4.98 Å². The van der Waals surface area contributed by atoms with Gasteiger partial charge in [-0.25, -0.2) is 13.8 Å².